The largest absolute Gasteiger partial charge is 0.352 e. The van der Waals surface area contributed by atoms with Gasteiger partial charge in [0.05, 0.1) is 5.56 Å². The van der Waals surface area contributed by atoms with Crippen molar-refractivity contribution in [2.45, 2.75) is 24.7 Å². The summed E-state index contributed by atoms with van der Waals surface area (Å²) in [5.74, 6) is -3.28. The second-order valence-corrected chi connectivity index (χ2v) is 5.45. The molecule has 0 fully saturated rings. The fraction of sp³-hybridized carbons (Fsp3) is 0.364. The zero-order chi connectivity index (χ0) is 14.6. The predicted octanol–water partition coefficient (Wildman–Crippen LogP) is 1.14. The molecule has 8 heteroatoms. The van der Waals surface area contributed by atoms with Crippen LogP contribution in [0.25, 0.3) is 0 Å². The Kier molecular flexibility index (Phi) is 4.96. The van der Waals surface area contributed by atoms with Crippen LogP contribution in [0.15, 0.2) is 17.0 Å². The van der Waals surface area contributed by atoms with Crippen molar-refractivity contribution in [3.05, 3.63) is 29.3 Å². The first kappa shape index (κ1) is 15.5. The van der Waals surface area contributed by atoms with Crippen LogP contribution in [0.5, 0.6) is 0 Å². The van der Waals surface area contributed by atoms with Gasteiger partial charge in [0, 0.05) is 12.6 Å². The summed E-state index contributed by atoms with van der Waals surface area (Å²) in [6, 6.07) is 0.926. The Labute approximate surface area is 109 Å². The lowest BCUT2D eigenvalue weighted by Gasteiger charge is -2.08. The van der Waals surface area contributed by atoms with E-state index in [2.05, 4.69) is 5.32 Å². The van der Waals surface area contributed by atoms with Gasteiger partial charge >= 0.3 is 0 Å². The molecule has 19 heavy (non-hydrogen) atoms. The van der Waals surface area contributed by atoms with Crippen molar-refractivity contribution in [3.8, 4) is 0 Å². The van der Waals surface area contributed by atoms with Gasteiger partial charge in [0.2, 0.25) is 10.0 Å². The zero-order valence-electron chi connectivity index (χ0n) is 10.2. The summed E-state index contributed by atoms with van der Waals surface area (Å²) in [6.07, 6.45) is 1.52. The third-order valence-electron chi connectivity index (χ3n) is 2.39. The van der Waals surface area contributed by atoms with Crippen LogP contribution >= 0.6 is 0 Å². The van der Waals surface area contributed by atoms with Gasteiger partial charge in [-0.2, -0.15) is 0 Å². The number of nitrogens with two attached hydrogens (primary N) is 1. The van der Waals surface area contributed by atoms with Crippen LogP contribution in [0.1, 0.15) is 30.1 Å². The molecule has 0 saturated carbocycles. The molecule has 0 aliphatic carbocycles. The van der Waals surface area contributed by atoms with Crippen molar-refractivity contribution < 1.29 is 22.0 Å². The van der Waals surface area contributed by atoms with E-state index in [0.717, 1.165) is 6.42 Å². The molecular formula is C11H14F2N2O3S. The lowest BCUT2D eigenvalue weighted by molar-refractivity contribution is 0.0948. The predicted molar refractivity (Wildman–Crippen MR) is 65.0 cm³/mol. The fourth-order valence-electron chi connectivity index (χ4n) is 1.40. The number of sulfonamides is 1. The van der Waals surface area contributed by atoms with E-state index in [-0.39, 0.29) is 0 Å². The molecule has 0 radical (unpaired) electrons. The maximum Gasteiger partial charge on any atom is 0.254 e. The molecule has 1 aromatic carbocycles. The minimum atomic E-state index is -4.35. The molecule has 1 amide bonds. The third kappa shape index (κ3) is 3.97. The number of carbonyl (C=O) groups excluding carboxylic acids is 1. The number of carbonyl (C=O) groups is 1. The van der Waals surface area contributed by atoms with Crippen LogP contribution in [0.2, 0.25) is 0 Å². The highest BCUT2D eigenvalue weighted by molar-refractivity contribution is 7.89. The number of rotatable bonds is 5. The van der Waals surface area contributed by atoms with E-state index < -0.39 is 38.0 Å². The van der Waals surface area contributed by atoms with E-state index in [1.165, 1.54) is 0 Å². The number of nitrogens with one attached hydrogen (secondary N) is 1. The molecule has 0 spiro atoms. The van der Waals surface area contributed by atoms with Crippen LogP contribution in [0.4, 0.5) is 8.78 Å². The van der Waals surface area contributed by atoms with Gasteiger partial charge in [0.25, 0.3) is 5.91 Å². The maximum absolute atomic E-state index is 13.4. The van der Waals surface area contributed by atoms with Gasteiger partial charge in [-0.1, -0.05) is 13.3 Å². The van der Waals surface area contributed by atoms with Gasteiger partial charge in [-0.15, -0.1) is 0 Å². The Morgan fingerprint density at radius 3 is 2.47 bits per heavy atom. The Morgan fingerprint density at radius 1 is 1.32 bits per heavy atom. The first-order chi connectivity index (χ1) is 8.77. The lowest BCUT2D eigenvalue weighted by Crippen LogP contribution is -2.26. The monoisotopic (exact) mass is 292 g/mol. The van der Waals surface area contributed by atoms with Crippen molar-refractivity contribution in [2.24, 2.45) is 5.14 Å². The molecule has 0 aromatic heterocycles. The quantitative estimate of drug-likeness (QED) is 0.798. The standard InChI is InChI=1S/C11H14F2N2O3S/c1-2-3-4-15-11(16)7-5-10(19(14,17)18)9(13)6-8(7)12/h5-6H,2-4H2,1H3,(H,15,16)(H2,14,17,18). The van der Waals surface area contributed by atoms with Gasteiger partial charge in [-0.3, -0.25) is 4.79 Å². The van der Waals surface area contributed by atoms with Crippen molar-refractivity contribution in [1.82, 2.24) is 5.32 Å². The summed E-state index contributed by atoms with van der Waals surface area (Å²) in [6.45, 7) is 2.22. The summed E-state index contributed by atoms with van der Waals surface area (Å²) in [5, 5.41) is 7.18. The van der Waals surface area contributed by atoms with E-state index in [0.29, 0.717) is 25.1 Å². The molecule has 5 nitrogen and oxygen atoms in total. The minimum absolute atomic E-state index is 0.316. The molecule has 1 rings (SSSR count). The average Bonchev–Trinajstić information content (AvgIpc) is 2.27. The Balaban J connectivity index is 3.11. The molecule has 106 valence electrons. The topological polar surface area (TPSA) is 89.3 Å². The maximum atomic E-state index is 13.4. The molecule has 0 aliphatic heterocycles. The number of halogens is 2. The molecule has 1 aromatic rings. The van der Waals surface area contributed by atoms with E-state index >= 15 is 0 Å². The molecule has 0 heterocycles. The van der Waals surface area contributed by atoms with Crippen LogP contribution in [-0.2, 0) is 10.0 Å². The highest BCUT2D eigenvalue weighted by Gasteiger charge is 2.21. The van der Waals surface area contributed by atoms with Gasteiger partial charge in [-0.05, 0) is 12.5 Å². The molecule has 0 atom stereocenters. The summed E-state index contributed by atoms with van der Waals surface area (Å²) < 4.78 is 48.9. The van der Waals surface area contributed by atoms with E-state index in [4.69, 9.17) is 5.14 Å². The van der Waals surface area contributed by atoms with Crippen molar-refractivity contribution in [1.29, 1.82) is 0 Å². The average molecular weight is 292 g/mol. The first-order valence-electron chi connectivity index (χ1n) is 5.57. The van der Waals surface area contributed by atoms with Crippen LogP contribution in [0.3, 0.4) is 0 Å². The van der Waals surface area contributed by atoms with Gasteiger partial charge in [0.15, 0.2) is 0 Å². The van der Waals surface area contributed by atoms with Crippen molar-refractivity contribution >= 4 is 15.9 Å². The first-order valence-corrected chi connectivity index (χ1v) is 7.12. The summed E-state index contributed by atoms with van der Waals surface area (Å²) in [4.78, 5) is 10.7. The Bertz CT molecular complexity index is 588. The van der Waals surface area contributed by atoms with Crippen LogP contribution in [0, 0.1) is 11.6 Å². The highest BCUT2D eigenvalue weighted by atomic mass is 32.2. The van der Waals surface area contributed by atoms with E-state index in [1.807, 2.05) is 6.92 Å². The second kappa shape index (κ2) is 6.07. The molecular weight excluding hydrogens is 278 g/mol. The number of amides is 1. The lowest BCUT2D eigenvalue weighted by atomic mass is 10.2. The zero-order valence-corrected chi connectivity index (χ0v) is 11.1. The number of hydrogen-bond acceptors (Lipinski definition) is 3. The summed E-state index contributed by atoms with van der Waals surface area (Å²) in [7, 11) is -4.35. The van der Waals surface area contributed by atoms with E-state index in [9.17, 15) is 22.0 Å². The number of primary sulfonamides is 1. The summed E-state index contributed by atoms with van der Waals surface area (Å²) in [5.41, 5.74) is -0.554. The molecule has 0 bridgehead atoms. The van der Waals surface area contributed by atoms with Gasteiger partial charge < -0.3 is 5.32 Å². The third-order valence-corrected chi connectivity index (χ3v) is 3.31. The number of hydrogen-bond donors (Lipinski definition) is 2. The molecule has 0 unspecified atom stereocenters. The minimum Gasteiger partial charge on any atom is -0.352 e. The second-order valence-electron chi connectivity index (χ2n) is 3.92. The smallest absolute Gasteiger partial charge is 0.254 e. The van der Waals surface area contributed by atoms with Crippen LogP contribution in [-0.4, -0.2) is 20.9 Å². The molecule has 0 saturated heterocycles. The number of unbranched alkanes of at least 4 members (excludes halogenated alkanes) is 1. The van der Waals surface area contributed by atoms with Crippen LogP contribution < -0.4 is 10.5 Å². The normalized spacial score (nSPS) is 11.4. The Morgan fingerprint density at radius 2 is 1.95 bits per heavy atom. The van der Waals surface area contributed by atoms with Gasteiger partial charge in [0.1, 0.15) is 16.5 Å². The van der Waals surface area contributed by atoms with Crippen molar-refractivity contribution in [3.63, 3.8) is 0 Å². The van der Waals surface area contributed by atoms with Gasteiger partial charge in [-0.25, -0.2) is 22.3 Å². The number of benzene rings is 1. The molecule has 0 aliphatic rings. The Hall–Kier alpha value is -1.54. The van der Waals surface area contributed by atoms with E-state index in [1.54, 1.807) is 0 Å². The SMILES string of the molecule is CCCCNC(=O)c1cc(S(N)(=O)=O)c(F)cc1F. The summed E-state index contributed by atoms with van der Waals surface area (Å²) >= 11 is 0. The van der Waals surface area contributed by atoms with Crippen molar-refractivity contribution in [2.75, 3.05) is 6.54 Å². The molecule has 3 N–H and O–H groups in total. The fourth-order valence-corrected chi connectivity index (χ4v) is 2.01. The highest BCUT2D eigenvalue weighted by Crippen LogP contribution is 2.18.